The van der Waals surface area contributed by atoms with Crippen molar-refractivity contribution in [3.05, 3.63) is 53.9 Å². The van der Waals surface area contributed by atoms with E-state index in [0.29, 0.717) is 43.3 Å². The molecule has 31 heavy (non-hydrogen) atoms. The summed E-state index contributed by atoms with van der Waals surface area (Å²) < 4.78 is 35.8. The number of carbonyl (C=O) groups is 1. The van der Waals surface area contributed by atoms with Crippen molar-refractivity contribution >= 4 is 11.9 Å². The van der Waals surface area contributed by atoms with Crippen LogP contribution in [-0.4, -0.2) is 49.7 Å². The zero-order chi connectivity index (χ0) is 22.5. The minimum atomic E-state index is -2.97. The molecule has 3 N–H and O–H groups in total. The van der Waals surface area contributed by atoms with Crippen molar-refractivity contribution in [2.24, 2.45) is 4.99 Å². The minimum absolute atomic E-state index is 0.0253. The molecule has 168 valence electrons. The van der Waals surface area contributed by atoms with E-state index < -0.39 is 6.61 Å². The second-order valence-corrected chi connectivity index (χ2v) is 6.18. The smallest absolute Gasteiger partial charge is 0.387 e. The number of para-hydroxylation sites is 1. The van der Waals surface area contributed by atoms with Crippen molar-refractivity contribution in [1.82, 2.24) is 20.9 Å². The Morgan fingerprint density at radius 3 is 2.61 bits per heavy atom. The molecule has 0 saturated heterocycles. The number of guanidine groups is 1. The standard InChI is InChI=1S/C21H27F2N5O3/c1-3-25-21(27-12-11-26-19(29)16-8-6-10-24-13-16)28-14-15-7-5-9-17(30-4-2)18(15)31-20(22)23/h5-10,13,20H,3-4,11-12,14H2,1-2H3,(H,26,29)(H2,25,27,28). The van der Waals surface area contributed by atoms with Crippen molar-refractivity contribution in [1.29, 1.82) is 0 Å². The highest BCUT2D eigenvalue weighted by Gasteiger charge is 2.15. The Morgan fingerprint density at radius 1 is 1.13 bits per heavy atom. The molecule has 10 heteroatoms. The molecule has 0 aliphatic carbocycles. The van der Waals surface area contributed by atoms with E-state index >= 15 is 0 Å². The summed E-state index contributed by atoms with van der Waals surface area (Å²) in [6.45, 7) is 2.49. The van der Waals surface area contributed by atoms with E-state index in [1.165, 1.54) is 6.20 Å². The fourth-order valence-corrected chi connectivity index (χ4v) is 2.64. The molecule has 8 nitrogen and oxygen atoms in total. The molecule has 1 aromatic heterocycles. The van der Waals surface area contributed by atoms with Crippen LogP contribution in [0.4, 0.5) is 8.78 Å². The Balaban J connectivity index is 1.97. The van der Waals surface area contributed by atoms with E-state index in [9.17, 15) is 13.6 Å². The maximum absolute atomic E-state index is 12.9. The third kappa shape index (κ3) is 8.07. The molecule has 2 aromatic rings. The molecule has 0 aliphatic heterocycles. The van der Waals surface area contributed by atoms with E-state index in [4.69, 9.17) is 4.74 Å². The minimum Gasteiger partial charge on any atom is -0.490 e. The van der Waals surface area contributed by atoms with E-state index in [0.717, 1.165) is 0 Å². The number of aromatic nitrogens is 1. The van der Waals surface area contributed by atoms with E-state index in [-0.39, 0.29) is 24.0 Å². The van der Waals surface area contributed by atoms with Crippen LogP contribution in [0.25, 0.3) is 0 Å². The first-order valence-electron chi connectivity index (χ1n) is 9.95. The summed E-state index contributed by atoms with van der Waals surface area (Å²) in [5, 5.41) is 8.93. The van der Waals surface area contributed by atoms with Crippen LogP contribution in [0.2, 0.25) is 0 Å². The van der Waals surface area contributed by atoms with Gasteiger partial charge in [-0.1, -0.05) is 12.1 Å². The van der Waals surface area contributed by atoms with E-state index in [1.54, 1.807) is 43.5 Å². The number of hydrogen-bond donors (Lipinski definition) is 3. The maximum atomic E-state index is 12.9. The van der Waals surface area contributed by atoms with Gasteiger partial charge in [0.05, 0.1) is 18.7 Å². The van der Waals surface area contributed by atoms with Crippen LogP contribution in [-0.2, 0) is 6.54 Å². The van der Waals surface area contributed by atoms with Crippen LogP contribution in [0.3, 0.4) is 0 Å². The van der Waals surface area contributed by atoms with Crippen molar-refractivity contribution < 1.29 is 23.0 Å². The van der Waals surface area contributed by atoms with Crippen LogP contribution in [0.1, 0.15) is 29.8 Å². The Hall–Kier alpha value is -3.43. The highest BCUT2D eigenvalue weighted by atomic mass is 19.3. The molecule has 0 radical (unpaired) electrons. The monoisotopic (exact) mass is 435 g/mol. The molecule has 1 aromatic carbocycles. The van der Waals surface area contributed by atoms with Gasteiger partial charge in [0.15, 0.2) is 17.5 Å². The third-order valence-corrected chi connectivity index (χ3v) is 3.95. The van der Waals surface area contributed by atoms with Crippen LogP contribution >= 0.6 is 0 Å². The first-order valence-corrected chi connectivity index (χ1v) is 9.95. The molecule has 0 aliphatic rings. The van der Waals surface area contributed by atoms with Gasteiger partial charge in [0, 0.05) is 37.6 Å². The number of rotatable bonds is 11. The summed E-state index contributed by atoms with van der Waals surface area (Å²) in [7, 11) is 0. The molecule has 1 heterocycles. The number of alkyl halides is 2. The summed E-state index contributed by atoms with van der Waals surface area (Å²) in [5.74, 6) is 0.468. The van der Waals surface area contributed by atoms with Gasteiger partial charge in [-0.3, -0.25) is 9.78 Å². The van der Waals surface area contributed by atoms with Gasteiger partial charge in [0.2, 0.25) is 0 Å². The second-order valence-electron chi connectivity index (χ2n) is 6.18. The third-order valence-electron chi connectivity index (χ3n) is 3.95. The number of benzene rings is 1. The predicted octanol–water partition coefficient (Wildman–Crippen LogP) is 2.57. The number of hydrogen-bond acceptors (Lipinski definition) is 5. The lowest BCUT2D eigenvalue weighted by Crippen LogP contribution is -2.41. The number of amides is 1. The number of carbonyl (C=O) groups excluding carboxylic acids is 1. The van der Waals surface area contributed by atoms with Crippen LogP contribution in [0.5, 0.6) is 11.5 Å². The van der Waals surface area contributed by atoms with Crippen molar-refractivity contribution in [2.45, 2.75) is 27.0 Å². The van der Waals surface area contributed by atoms with Gasteiger partial charge in [0.1, 0.15) is 0 Å². The first-order chi connectivity index (χ1) is 15.0. The number of nitrogens with zero attached hydrogens (tertiary/aromatic N) is 2. The quantitative estimate of drug-likeness (QED) is 0.285. The zero-order valence-electron chi connectivity index (χ0n) is 17.5. The van der Waals surface area contributed by atoms with Crippen molar-refractivity contribution in [2.75, 3.05) is 26.2 Å². The summed E-state index contributed by atoms with van der Waals surface area (Å²) in [5.41, 5.74) is 0.942. The summed E-state index contributed by atoms with van der Waals surface area (Å²) >= 11 is 0. The average Bonchev–Trinajstić information content (AvgIpc) is 2.77. The SMILES string of the molecule is CCNC(=NCc1cccc(OCC)c1OC(F)F)NCCNC(=O)c1cccnc1. The van der Waals surface area contributed by atoms with Gasteiger partial charge in [-0.2, -0.15) is 8.78 Å². The molecular weight excluding hydrogens is 408 g/mol. The highest BCUT2D eigenvalue weighted by molar-refractivity contribution is 5.93. The molecule has 0 saturated carbocycles. The zero-order valence-corrected chi connectivity index (χ0v) is 17.5. The molecular formula is C21H27F2N5O3. The van der Waals surface area contributed by atoms with Gasteiger partial charge >= 0.3 is 6.61 Å². The summed E-state index contributed by atoms with van der Waals surface area (Å²) in [6, 6.07) is 8.29. The number of halogens is 2. The molecule has 0 atom stereocenters. The van der Waals surface area contributed by atoms with Crippen molar-refractivity contribution in [3.63, 3.8) is 0 Å². The number of pyridine rings is 1. The van der Waals surface area contributed by atoms with Crippen LogP contribution in [0.15, 0.2) is 47.7 Å². The van der Waals surface area contributed by atoms with Crippen LogP contribution in [0, 0.1) is 0 Å². The van der Waals surface area contributed by atoms with E-state index in [1.807, 2.05) is 6.92 Å². The average molecular weight is 435 g/mol. The Kier molecular flexibility index (Phi) is 9.99. The summed E-state index contributed by atoms with van der Waals surface area (Å²) in [6.07, 6.45) is 3.09. The van der Waals surface area contributed by atoms with Crippen molar-refractivity contribution in [3.8, 4) is 11.5 Å². The molecule has 0 unspecified atom stereocenters. The molecule has 0 spiro atoms. The molecule has 2 rings (SSSR count). The Labute approximate surface area is 180 Å². The summed E-state index contributed by atoms with van der Waals surface area (Å²) in [4.78, 5) is 20.4. The predicted molar refractivity (Wildman–Crippen MR) is 114 cm³/mol. The fourth-order valence-electron chi connectivity index (χ4n) is 2.64. The molecule has 0 fully saturated rings. The Morgan fingerprint density at radius 2 is 1.94 bits per heavy atom. The molecule has 1 amide bonds. The van der Waals surface area contributed by atoms with Gasteiger partial charge in [-0.05, 0) is 32.0 Å². The maximum Gasteiger partial charge on any atom is 0.387 e. The van der Waals surface area contributed by atoms with Gasteiger partial charge < -0.3 is 25.4 Å². The normalized spacial score (nSPS) is 11.2. The topological polar surface area (TPSA) is 96.9 Å². The number of ether oxygens (including phenoxy) is 2. The van der Waals surface area contributed by atoms with Gasteiger partial charge in [-0.25, -0.2) is 4.99 Å². The second kappa shape index (κ2) is 13.0. The van der Waals surface area contributed by atoms with Gasteiger partial charge in [-0.15, -0.1) is 0 Å². The largest absolute Gasteiger partial charge is 0.490 e. The fraction of sp³-hybridized carbons (Fsp3) is 0.381. The number of nitrogens with one attached hydrogen (secondary N) is 3. The number of aliphatic imine (C=N–C) groups is 1. The van der Waals surface area contributed by atoms with E-state index in [2.05, 4.69) is 30.7 Å². The lowest BCUT2D eigenvalue weighted by molar-refractivity contribution is -0.0520. The van der Waals surface area contributed by atoms with Gasteiger partial charge in [0.25, 0.3) is 5.91 Å². The first kappa shape index (κ1) is 23.8. The van der Waals surface area contributed by atoms with Crippen LogP contribution < -0.4 is 25.4 Å². The molecule has 0 bridgehead atoms. The lowest BCUT2D eigenvalue weighted by atomic mass is 10.2. The Bertz CT molecular complexity index is 850. The highest BCUT2D eigenvalue weighted by Crippen LogP contribution is 2.33. The lowest BCUT2D eigenvalue weighted by Gasteiger charge is -2.15.